The molecule has 1 aromatic carbocycles. The van der Waals surface area contributed by atoms with Gasteiger partial charge in [0.05, 0.1) is 18.9 Å². The third kappa shape index (κ3) is 7.98. The number of sulfonamides is 1. The molecule has 0 unspecified atom stereocenters. The van der Waals surface area contributed by atoms with Crippen molar-refractivity contribution in [3.63, 3.8) is 0 Å². The number of rotatable bonds is 12. The number of carbonyl (C=O) groups is 1. The summed E-state index contributed by atoms with van der Waals surface area (Å²) in [7, 11) is -7.55. The summed E-state index contributed by atoms with van der Waals surface area (Å²) in [5, 5.41) is 5.49. The number of amides is 2. The Morgan fingerprint density at radius 3 is 2.41 bits per heavy atom. The van der Waals surface area contributed by atoms with E-state index >= 15 is 0 Å². The van der Waals surface area contributed by atoms with Gasteiger partial charge in [-0.2, -0.15) is 0 Å². The first kappa shape index (κ1) is 27.6. The molecule has 0 aliphatic rings. The van der Waals surface area contributed by atoms with E-state index in [0.29, 0.717) is 17.0 Å². The molecule has 1 aromatic heterocycles. The minimum Gasteiger partial charge on any atom is -0.481 e. The van der Waals surface area contributed by atoms with Gasteiger partial charge in [-0.25, -0.2) is 17.9 Å². The molecule has 13 heteroatoms. The molecule has 0 saturated carbocycles. The fourth-order valence-electron chi connectivity index (χ4n) is 2.86. The summed E-state index contributed by atoms with van der Waals surface area (Å²) in [6.07, 6.45) is 2.34. The van der Waals surface area contributed by atoms with Crippen LogP contribution in [0.5, 0.6) is 5.75 Å². The van der Waals surface area contributed by atoms with Crippen LogP contribution >= 0.6 is 7.60 Å². The molecule has 188 valence electrons. The standard InChI is InChI=1S/C21H31N4O7PS/c1-6-31-33(27,32-7-2)14-30-19-9-8-17(12-16(19)5)24-18-10-11-22-13-20(18)34(28,29)25-21(26)23-15(3)4/h8-13,15H,6-7,14H2,1-5H3,(H,22,24)(H2,23,25,26). The number of carbonyl (C=O) groups excluding carboxylic acids is 1. The van der Waals surface area contributed by atoms with Crippen molar-refractivity contribution in [1.29, 1.82) is 0 Å². The van der Waals surface area contributed by atoms with Gasteiger partial charge in [0, 0.05) is 24.1 Å². The molecule has 0 saturated heterocycles. The molecule has 0 atom stereocenters. The first-order valence-corrected chi connectivity index (χ1v) is 13.9. The van der Waals surface area contributed by atoms with Gasteiger partial charge in [-0.15, -0.1) is 0 Å². The molecule has 0 fully saturated rings. The third-order valence-corrected chi connectivity index (χ3v) is 7.31. The normalized spacial score (nSPS) is 11.8. The number of benzene rings is 1. The highest BCUT2D eigenvalue weighted by atomic mass is 32.2. The number of aryl methyl sites for hydroxylation is 1. The molecule has 34 heavy (non-hydrogen) atoms. The van der Waals surface area contributed by atoms with Crippen LogP contribution in [0.2, 0.25) is 0 Å². The number of urea groups is 1. The first-order valence-electron chi connectivity index (χ1n) is 10.7. The molecule has 0 spiro atoms. The average molecular weight is 515 g/mol. The number of hydrogen-bond donors (Lipinski definition) is 3. The molecule has 3 N–H and O–H groups in total. The van der Waals surface area contributed by atoms with Crippen LogP contribution in [-0.2, 0) is 23.6 Å². The smallest absolute Gasteiger partial charge is 0.367 e. The number of nitrogens with zero attached hydrogens (tertiary/aromatic N) is 1. The maximum Gasteiger partial charge on any atom is 0.367 e. The van der Waals surface area contributed by atoms with Crippen LogP contribution in [0.4, 0.5) is 16.2 Å². The van der Waals surface area contributed by atoms with Gasteiger partial charge in [0.2, 0.25) is 0 Å². The highest BCUT2D eigenvalue weighted by molar-refractivity contribution is 7.90. The van der Waals surface area contributed by atoms with Gasteiger partial charge >= 0.3 is 13.6 Å². The number of aromatic nitrogens is 1. The Balaban J connectivity index is 2.19. The van der Waals surface area contributed by atoms with Gasteiger partial charge in [-0.1, -0.05) is 0 Å². The molecule has 1 heterocycles. The maximum absolute atomic E-state index is 12.7. The van der Waals surface area contributed by atoms with Crippen molar-refractivity contribution in [2.45, 2.75) is 45.6 Å². The van der Waals surface area contributed by atoms with Crippen molar-refractivity contribution in [2.75, 3.05) is 24.9 Å². The second-order valence-corrected chi connectivity index (χ2v) is 11.1. The Labute approximate surface area is 200 Å². The predicted molar refractivity (Wildman–Crippen MR) is 129 cm³/mol. The Hall–Kier alpha value is -2.66. The van der Waals surface area contributed by atoms with Crippen molar-refractivity contribution < 1.29 is 31.6 Å². The van der Waals surface area contributed by atoms with Crippen LogP contribution in [0.1, 0.15) is 33.3 Å². The summed E-state index contributed by atoms with van der Waals surface area (Å²) >= 11 is 0. The summed E-state index contributed by atoms with van der Waals surface area (Å²) in [4.78, 5) is 15.6. The van der Waals surface area contributed by atoms with Crippen molar-refractivity contribution in [1.82, 2.24) is 15.0 Å². The molecule has 11 nitrogen and oxygen atoms in total. The highest BCUT2D eigenvalue weighted by Crippen LogP contribution is 2.48. The summed E-state index contributed by atoms with van der Waals surface area (Å²) < 4.78 is 56.1. The van der Waals surface area contributed by atoms with Gasteiger partial charge in [-0.05, 0) is 64.4 Å². The zero-order chi connectivity index (χ0) is 25.4. The lowest BCUT2D eigenvalue weighted by Gasteiger charge is -2.19. The zero-order valence-corrected chi connectivity index (χ0v) is 21.5. The largest absolute Gasteiger partial charge is 0.481 e. The fraction of sp³-hybridized carbons (Fsp3) is 0.429. The number of anilines is 2. The van der Waals surface area contributed by atoms with Gasteiger partial charge in [0.15, 0.2) is 6.35 Å². The van der Waals surface area contributed by atoms with E-state index in [0.717, 1.165) is 6.20 Å². The minimum atomic E-state index is -4.18. The fourth-order valence-corrected chi connectivity index (χ4v) is 5.19. The van der Waals surface area contributed by atoms with Crippen LogP contribution < -0.4 is 20.1 Å². The molecule has 0 aliphatic heterocycles. The monoisotopic (exact) mass is 514 g/mol. The topological polar surface area (TPSA) is 145 Å². The minimum absolute atomic E-state index is 0.193. The average Bonchev–Trinajstić information content (AvgIpc) is 2.73. The zero-order valence-electron chi connectivity index (χ0n) is 19.8. The number of ether oxygens (including phenoxy) is 1. The summed E-state index contributed by atoms with van der Waals surface area (Å²) in [5.74, 6) is 0.472. The highest BCUT2D eigenvalue weighted by Gasteiger charge is 2.25. The summed E-state index contributed by atoms with van der Waals surface area (Å²) in [5.41, 5.74) is 1.50. The molecule has 0 bridgehead atoms. The first-order chi connectivity index (χ1) is 16.0. The van der Waals surface area contributed by atoms with Crippen LogP contribution in [0.25, 0.3) is 0 Å². The van der Waals surface area contributed by atoms with E-state index in [2.05, 4.69) is 15.6 Å². The Kier molecular flexibility index (Phi) is 9.87. The van der Waals surface area contributed by atoms with E-state index in [1.807, 2.05) is 4.72 Å². The van der Waals surface area contributed by atoms with Crippen molar-refractivity contribution >= 4 is 35.0 Å². The van der Waals surface area contributed by atoms with Crippen molar-refractivity contribution in [2.24, 2.45) is 0 Å². The van der Waals surface area contributed by atoms with Gasteiger partial charge < -0.3 is 24.4 Å². The number of nitrogens with one attached hydrogen (secondary N) is 3. The SMILES string of the molecule is CCOP(=O)(COc1ccc(Nc2ccncc2S(=O)(=O)NC(=O)NC(C)C)cc1C)OCC. The van der Waals surface area contributed by atoms with Gasteiger partial charge in [-0.3, -0.25) is 9.55 Å². The Morgan fingerprint density at radius 2 is 1.82 bits per heavy atom. The van der Waals surface area contributed by atoms with E-state index in [-0.39, 0.29) is 36.2 Å². The van der Waals surface area contributed by atoms with E-state index in [9.17, 15) is 17.8 Å². The Morgan fingerprint density at radius 1 is 1.15 bits per heavy atom. The second-order valence-electron chi connectivity index (χ2n) is 7.43. The van der Waals surface area contributed by atoms with Crippen molar-refractivity contribution in [3.8, 4) is 5.75 Å². The Bertz CT molecular complexity index is 1130. The van der Waals surface area contributed by atoms with Crippen LogP contribution in [-0.4, -0.2) is 45.0 Å². The van der Waals surface area contributed by atoms with Gasteiger partial charge in [0.1, 0.15) is 10.6 Å². The molecular weight excluding hydrogens is 483 g/mol. The van der Waals surface area contributed by atoms with Crippen LogP contribution in [0, 0.1) is 6.92 Å². The van der Waals surface area contributed by atoms with E-state index in [1.54, 1.807) is 52.8 Å². The lowest BCUT2D eigenvalue weighted by Crippen LogP contribution is -2.42. The van der Waals surface area contributed by atoms with E-state index in [4.69, 9.17) is 13.8 Å². The summed E-state index contributed by atoms with van der Waals surface area (Å²) in [6.45, 7) is 9.11. The molecule has 2 aromatic rings. The molecule has 0 aliphatic carbocycles. The predicted octanol–water partition coefficient (Wildman–Crippen LogP) is 4.13. The second kappa shape index (κ2) is 12.2. The number of pyridine rings is 1. The maximum atomic E-state index is 12.7. The van der Waals surface area contributed by atoms with E-state index in [1.165, 1.54) is 12.3 Å². The van der Waals surface area contributed by atoms with Crippen LogP contribution in [0.15, 0.2) is 41.6 Å². The third-order valence-electron chi connectivity index (χ3n) is 4.20. The molecule has 2 amide bonds. The van der Waals surface area contributed by atoms with Crippen molar-refractivity contribution in [3.05, 3.63) is 42.2 Å². The lowest BCUT2D eigenvalue weighted by atomic mass is 10.2. The molecular formula is C21H31N4O7PS. The quantitative estimate of drug-likeness (QED) is 0.356. The molecule has 2 rings (SSSR count). The van der Waals surface area contributed by atoms with Crippen LogP contribution in [0.3, 0.4) is 0 Å². The lowest BCUT2D eigenvalue weighted by molar-refractivity contribution is 0.196. The molecule has 0 radical (unpaired) electrons. The van der Waals surface area contributed by atoms with E-state index < -0.39 is 23.7 Å². The van der Waals surface area contributed by atoms with Gasteiger partial charge in [0.25, 0.3) is 10.0 Å². The number of hydrogen-bond acceptors (Lipinski definition) is 9. The summed E-state index contributed by atoms with van der Waals surface area (Å²) in [6, 6.07) is 5.47.